The summed E-state index contributed by atoms with van der Waals surface area (Å²) in [5.74, 6) is 1.10. The zero-order valence-electron chi connectivity index (χ0n) is 14.4. The van der Waals surface area contributed by atoms with Crippen LogP contribution < -0.4 is 15.4 Å². The molecule has 0 bridgehead atoms. The van der Waals surface area contributed by atoms with Crippen LogP contribution in [-0.4, -0.2) is 78.1 Å². The van der Waals surface area contributed by atoms with Gasteiger partial charge < -0.3 is 25.2 Å². The van der Waals surface area contributed by atoms with E-state index >= 15 is 0 Å². The van der Waals surface area contributed by atoms with E-state index < -0.39 is 6.03 Å². The Hall–Kier alpha value is -2.58. The van der Waals surface area contributed by atoms with Gasteiger partial charge in [0, 0.05) is 51.5 Å². The lowest BCUT2D eigenvalue weighted by Crippen LogP contribution is -2.53. The highest BCUT2D eigenvalue weighted by molar-refractivity contribution is 5.81. The number of aromatic nitrogens is 2. The fourth-order valence-corrected chi connectivity index (χ4v) is 3.36. The first kappa shape index (κ1) is 17.2. The van der Waals surface area contributed by atoms with Gasteiger partial charge in [0.1, 0.15) is 0 Å². The van der Waals surface area contributed by atoms with Gasteiger partial charge in [0.2, 0.25) is 17.7 Å². The number of carbonyl (C=O) groups excluding carboxylic acids is 2. The van der Waals surface area contributed by atoms with Crippen LogP contribution in [0.2, 0.25) is 0 Å². The number of urea groups is 1. The Bertz CT molecular complexity index is 632. The third kappa shape index (κ3) is 3.92. The summed E-state index contributed by atoms with van der Waals surface area (Å²) in [7, 11) is 1.57. The average molecular weight is 348 g/mol. The van der Waals surface area contributed by atoms with Crippen LogP contribution in [0.4, 0.5) is 10.7 Å². The van der Waals surface area contributed by atoms with Gasteiger partial charge in [-0.2, -0.15) is 4.98 Å². The van der Waals surface area contributed by atoms with Crippen LogP contribution in [0, 0.1) is 5.92 Å². The number of nitrogens with zero attached hydrogens (tertiary/aromatic N) is 5. The van der Waals surface area contributed by atoms with Crippen molar-refractivity contribution in [2.45, 2.75) is 12.8 Å². The number of rotatable bonds is 3. The summed E-state index contributed by atoms with van der Waals surface area (Å²) in [6.45, 7) is 3.64. The van der Waals surface area contributed by atoms with Gasteiger partial charge in [0.05, 0.1) is 13.0 Å². The molecular formula is C16H24N6O3. The molecule has 1 aromatic heterocycles. The standard InChI is InChI=1S/C16H24N6O3/c1-25-13-4-5-18-16(19-13)21-9-7-20(8-10-21)14(23)12-3-2-6-22(11-12)15(17)24/h4-5,12H,2-3,6-11H2,1H3,(H2,17,24). The minimum Gasteiger partial charge on any atom is -0.481 e. The lowest BCUT2D eigenvalue weighted by molar-refractivity contribution is -0.137. The second-order valence-corrected chi connectivity index (χ2v) is 6.33. The molecule has 0 spiro atoms. The molecule has 3 amide bonds. The van der Waals surface area contributed by atoms with Gasteiger partial charge in [-0.3, -0.25) is 4.79 Å². The van der Waals surface area contributed by atoms with Gasteiger partial charge in [-0.15, -0.1) is 0 Å². The van der Waals surface area contributed by atoms with Crippen LogP contribution >= 0.6 is 0 Å². The molecule has 136 valence electrons. The summed E-state index contributed by atoms with van der Waals surface area (Å²) in [6, 6.07) is 1.26. The first-order valence-corrected chi connectivity index (χ1v) is 8.53. The third-order valence-corrected chi connectivity index (χ3v) is 4.78. The highest BCUT2D eigenvalue weighted by atomic mass is 16.5. The Morgan fingerprint density at radius 1 is 1.20 bits per heavy atom. The molecular weight excluding hydrogens is 324 g/mol. The van der Waals surface area contributed by atoms with Crippen LogP contribution in [0.15, 0.2) is 12.3 Å². The van der Waals surface area contributed by atoms with Crippen molar-refractivity contribution in [2.24, 2.45) is 11.7 Å². The molecule has 3 heterocycles. The molecule has 1 unspecified atom stereocenters. The van der Waals surface area contributed by atoms with E-state index in [1.807, 2.05) is 9.80 Å². The second-order valence-electron chi connectivity index (χ2n) is 6.33. The van der Waals surface area contributed by atoms with Crippen LogP contribution in [0.25, 0.3) is 0 Å². The number of amides is 3. The van der Waals surface area contributed by atoms with E-state index in [1.165, 1.54) is 0 Å². The van der Waals surface area contributed by atoms with Gasteiger partial charge in [0.25, 0.3) is 0 Å². The van der Waals surface area contributed by atoms with E-state index in [0.717, 1.165) is 12.8 Å². The number of carbonyl (C=O) groups is 2. The first-order chi connectivity index (χ1) is 12.1. The van der Waals surface area contributed by atoms with Crippen LogP contribution in [-0.2, 0) is 4.79 Å². The topological polar surface area (TPSA) is 105 Å². The lowest BCUT2D eigenvalue weighted by atomic mass is 9.96. The Kier molecular flexibility index (Phi) is 5.20. The summed E-state index contributed by atoms with van der Waals surface area (Å²) in [6.07, 6.45) is 3.29. The summed E-state index contributed by atoms with van der Waals surface area (Å²) in [5.41, 5.74) is 5.35. The highest BCUT2D eigenvalue weighted by Gasteiger charge is 2.32. The second kappa shape index (κ2) is 7.54. The van der Waals surface area contributed by atoms with Gasteiger partial charge in [-0.1, -0.05) is 0 Å². The molecule has 2 aliphatic heterocycles. The lowest BCUT2D eigenvalue weighted by Gasteiger charge is -2.38. The van der Waals surface area contributed by atoms with Crippen LogP contribution in [0.5, 0.6) is 5.88 Å². The van der Waals surface area contributed by atoms with Crippen molar-refractivity contribution in [1.82, 2.24) is 19.8 Å². The Morgan fingerprint density at radius 3 is 2.64 bits per heavy atom. The number of anilines is 1. The van der Waals surface area contributed by atoms with E-state index in [-0.39, 0.29) is 11.8 Å². The van der Waals surface area contributed by atoms with Gasteiger partial charge >= 0.3 is 6.03 Å². The van der Waals surface area contributed by atoms with Crippen molar-refractivity contribution in [3.63, 3.8) is 0 Å². The SMILES string of the molecule is COc1ccnc(N2CCN(C(=O)C3CCCN(C(N)=O)C3)CC2)n1. The average Bonchev–Trinajstić information content (AvgIpc) is 2.67. The molecule has 1 aromatic rings. The Balaban J connectivity index is 1.56. The number of piperazine rings is 1. The van der Waals surface area contributed by atoms with E-state index in [0.29, 0.717) is 51.1 Å². The zero-order chi connectivity index (χ0) is 17.8. The van der Waals surface area contributed by atoms with Gasteiger partial charge in [-0.05, 0) is 12.8 Å². The number of likely N-dealkylation sites (tertiary alicyclic amines) is 1. The molecule has 2 saturated heterocycles. The zero-order valence-corrected chi connectivity index (χ0v) is 14.4. The van der Waals surface area contributed by atoms with Crippen molar-refractivity contribution in [2.75, 3.05) is 51.3 Å². The quantitative estimate of drug-likeness (QED) is 0.819. The number of methoxy groups -OCH3 is 1. The molecule has 9 heteroatoms. The van der Waals surface area contributed by atoms with E-state index in [9.17, 15) is 9.59 Å². The molecule has 0 aliphatic carbocycles. The maximum Gasteiger partial charge on any atom is 0.314 e. The van der Waals surface area contributed by atoms with E-state index in [4.69, 9.17) is 10.5 Å². The highest BCUT2D eigenvalue weighted by Crippen LogP contribution is 2.21. The number of primary amides is 1. The van der Waals surface area contributed by atoms with E-state index in [1.54, 1.807) is 24.3 Å². The van der Waals surface area contributed by atoms with Gasteiger partial charge in [0.15, 0.2) is 0 Å². The third-order valence-electron chi connectivity index (χ3n) is 4.78. The first-order valence-electron chi connectivity index (χ1n) is 8.53. The number of ether oxygens (including phenoxy) is 1. The smallest absolute Gasteiger partial charge is 0.314 e. The predicted molar refractivity (Wildman–Crippen MR) is 91.3 cm³/mol. The number of hydrogen-bond donors (Lipinski definition) is 1. The van der Waals surface area contributed by atoms with E-state index in [2.05, 4.69) is 9.97 Å². The number of nitrogens with two attached hydrogens (primary N) is 1. The van der Waals surface area contributed by atoms with Crippen molar-refractivity contribution in [1.29, 1.82) is 0 Å². The molecule has 0 aromatic carbocycles. The predicted octanol–water partition coefficient (Wildman–Crippen LogP) is -0.0755. The molecule has 0 saturated carbocycles. The molecule has 3 rings (SSSR count). The molecule has 9 nitrogen and oxygen atoms in total. The fourth-order valence-electron chi connectivity index (χ4n) is 3.36. The number of piperidine rings is 1. The van der Waals surface area contributed by atoms with Crippen molar-refractivity contribution >= 4 is 17.9 Å². The molecule has 2 N–H and O–H groups in total. The summed E-state index contributed by atoms with van der Waals surface area (Å²) < 4.78 is 5.13. The Labute approximate surface area is 146 Å². The largest absolute Gasteiger partial charge is 0.481 e. The summed E-state index contributed by atoms with van der Waals surface area (Å²) in [4.78, 5) is 38.2. The fraction of sp³-hybridized carbons (Fsp3) is 0.625. The van der Waals surface area contributed by atoms with Crippen LogP contribution in [0.3, 0.4) is 0 Å². The minimum atomic E-state index is -0.447. The molecule has 1 atom stereocenters. The monoisotopic (exact) mass is 348 g/mol. The maximum absolute atomic E-state index is 12.7. The van der Waals surface area contributed by atoms with Crippen molar-refractivity contribution < 1.29 is 14.3 Å². The molecule has 2 fully saturated rings. The summed E-state index contributed by atoms with van der Waals surface area (Å²) in [5, 5.41) is 0. The normalized spacial score (nSPS) is 21.2. The Morgan fingerprint density at radius 2 is 1.96 bits per heavy atom. The van der Waals surface area contributed by atoms with Crippen molar-refractivity contribution in [3.05, 3.63) is 12.3 Å². The summed E-state index contributed by atoms with van der Waals surface area (Å²) >= 11 is 0. The van der Waals surface area contributed by atoms with Crippen LogP contribution in [0.1, 0.15) is 12.8 Å². The minimum absolute atomic E-state index is 0.108. The van der Waals surface area contributed by atoms with Gasteiger partial charge in [-0.25, -0.2) is 9.78 Å². The number of hydrogen-bond acceptors (Lipinski definition) is 6. The van der Waals surface area contributed by atoms with Crippen molar-refractivity contribution in [3.8, 4) is 5.88 Å². The maximum atomic E-state index is 12.7. The molecule has 25 heavy (non-hydrogen) atoms. The molecule has 2 aliphatic rings. The molecule has 0 radical (unpaired) electrons.